The maximum atomic E-state index is 11.2. The SMILES string of the molecule is CSC(SC)(C(=O)O)c1cc(C)no1. The number of hydrogen-bond donors (Lipinski definition) is 1. The molecule has 4 nitrogen and oxygen atoms in total. The minimum absolute atomic E-state index is 0.377. The zero-order valence-corrected chi connectivity index (χ0v) is 9.74. The highest BCUT2D eigenvalue weighted by molar-refractivity contribution is 8.17. The fraction of sp³-hybridized carbons (Fsp3) is 0.500. The third-order valence-corrected chi connectivity index (χ3v) is 4.71. The lowest BCUT2D eigenvalue weighted by Crippen LogP contribution is -2.27. The average molecular weight is 233 g/mol. The number of rotatable bonds is 4. The molecule has 6 heteroatoms. The van der Waals surface area contributed by atoms with E-state index in [-0.39, 0.29) is 0 Å². The van der Waals surface area contributed by atoms with Gasteiger partial charge in [-0.05, 0) is 19.4 Å². The van der Waals surface area contributed by atoms with Crippen LogP contribution in [0.25, 0.3) is 0 Å². The van der Waals surface area contributed by atoms with Gasteiger partial charge in [-0.1, -0.05) is 5.16 Å². The van der Waals surface area contributed by atoms with Crippen molar-refractivity contribution in [1.29, 1.82) is 0 Å². The molecule has 1 aromatic heterocycles. The Bertz CT molecular complexity index is 333. The summed E-state index contributed by atoms with van der Waals surface area (Å²) in [5.41, 5.74) is 0.689. The second kappa shape index (κ2) is 4.27. The van der Waals surface area contributed by atoms with E-state index in [4.69, 9.17) is 9.63 Å². The van der Waals surface area contributed by atoms with Crippen molar-refractivity contribution in [2.45, 2.75) is 11.0 Å². The van der Waals surface area contributed by atoms with Crippen LogP contribution in [0.2, 0.25) is 0 Å². The highest BCUT2D eigenvalue weighted by Crippen LogP contribution is 2.44. The van der Waals surface area contributed by atoms with Crippen molar-refractivity contribution in [3.63, 3.8) is 0 Å². The van der Waals surface area contributed by atoms with E-state index in [9.17, 15) is 4.79 Å². The third kappa shape index (κ3) is 1.76. The van der Waals surface area contributed by atoms with Crippen molar-refractivity contribution in [2.24, 2.45) is 0 Å². The van der Waals surface area contributed by atoms with Crippen molar-refractivity contribution < 1.29 is 14.4 Å². The molecule has 0 radical (unpaired) electrons. The van der Waals surface area contributed by atoms with Crippen LogP contribution in [0.1, 0.15) is 11.5 Å². The van der Waals surface area contributed by atoms with Crippen molar-refractivity contribution in [3.05, 3.63) is 17.5 Å². The van der Waals surface area contributed by atoms with Gasteiger partial charge in [0.1, 0.15) is 0 Å². The van der Waals surface area contributed by atoms with E-state index in [1.54, 1.807) is 25.5 Å². The Hall–Kier alpha value is -0.620. The molecule has 0 aromatic carbocycles. The molecule has 0 amide bonds. The van der Waals surface area contributed by atoms with Crippen molar-refractivity contribution in [3.8, 4) is 0 Å². The lowest BCUT2D eigenvalue weighted by Gasteiger charge is -2.21. The van der Waals surface area contributed by atoms with Crippen LogP contribution in [0.5, 0.6) is 0 Å². The normalized spacial score (nSPS) is 11.6. The molecular weight excluding hydrogens is 222 g/mol. The molecule has 0 saturated carbocycles. The fourth-order valence-electron chi connectivity index (χ4n) is 1.08. The van der Waals surface area contributed by atoms with Gasteiger partial charge in [0.25, 0.3) is 0 Å². The molecule has 0 aliphatic rings. The summed E-state index contributed by atoms with van der Waals surface area (Å²) in [4.78, 5) is 11.2. The number of hydrogen-bond acceptors (Lipinski definition) is 5. The summed E-state index contributed by atoms with van der Waals surface area (Å²) in [6, 6.07) is 1.65. The molecular formula is C8H11NO3S2. The van der Waals surface area contributed by atoms with Gasteiger partial charge in [-0.2, -0.15) is 0 Å². The van der Waals surface area contributed by atoms with Gasteiger partial charge in [0.2, 0.25) is 4.08 Å². The van der Waals surface area contributed by atoms with E-state index in [0.29, 0.717) is 11.5 Å². The lowest BCUT2D eigenvalue weighted by atomic mass is 10.3. The minimum Gasteiger partial charge on any atom is -0.479 e. The number of aliphatic carboxylic acids is 1. The van der Waals surface area contributed by atoms with E-state index in [2.05, 4.69) is 5.16 Å². The quantitative estimate of drug-likeness (QED) is 0.802. The predicted molar refractivity (Wildman–Crippen MR) is 57.6 cm³/mol. The second-order valence-corrected chi connectivity index (χ2v) is 4.96. The molecule has 0 unspecified atom stereocenters. The number of nitrogens with zero attached hydrogens (tertiary/aromatic N) is 1. The third-order valence-electron chi connectivity index (χ3n) is 1.81. The Kier molecular flexibility index (Phi) is 3.49. The highest BCUT2D eigenvalue weighted by atomic mass is 32.2. The number of carbonyl (C=O) groups is 1. The van der Waals surface area contributed by atoms with Gasteiger partial charge in [0.05, 0.1) is 5.69 Å². The molecule has 0 atom stereocenters. The Morgan fingerprint density at radius 3 is 2.43 bits per heavy atom. The molecule has 0 bridgehead atoms. The molecule has 1 N–H and O–H groups in total. The molecule has 0 aliphatic carbocycles. The van der Waals surface area contributed by atoms with Crippen LogP contribution in [0.4, 0.5) is 0 Å². The zero-order chi connectivity index (χ0) is 10.8. The van der Waals surface area contributed by atoms with Gasteiger partial charge >= 0.3 is 5.97 Å². The molecule has 0 aliphatic heterocycles. The first-order valence-corrected chi connectivity index (χ1v) is 6.29. The van der Waals surface area contributed by atoms with Crippen LogP contribution in [0.3, 0.4) is 0 Å². The summed E-state index contributed by atoms with van der Waals surface area (Å²) in [6.07, 6.45) is 3.48. The number of carboxylic acid groups (broad SMARTS) is 1. The maximum Gasteiger partial charge on any atom is 0.338 e. The van der Waals surface area contributed by atoms with E-state index >= 15 is 0 Å². The smallest absolute Gasteiger partial charge is 0.338 e. The highest BCUT2D eigenvalue weighted by Gasteiger charge is 2.43. The van der Waals surface area contributed by atoms with Crippen molar-refractivity contribution in [1.82, 2.24) is 5.16 Å². The molecule has 1 rings (SSSR count). The molecule has 0 saturated heterocycles. The van der Waals surface area contributed by atoms with E-state index in [1.807, 2.05) is 0 Å². The number of aromatic nitrogens is 1. The van der Waals surface area contributed by atoms with E-state index < -0.39 is 10.0 Å². The summed E-state index contributed by atoms with van der Waals surface area (Å²) in [7, 11) is 0. The fourth-order valence-corrected chi connectivity index (χ4v) is 2.69. The standard InChI is InChI=1S/C8H11NO3S2/c1-5-4-6(12-9-5)8(13-2,14-3)7(10)11/h4H,1-3H3,(H,10,11). The van der Waals surface area contributed by atoms with Crippen molar-refractivity contribution >= 4 is 29.5 Å². The summed E-state index contributed by atoms with van der Waals surface area (Å²) < 4.78 is 3.92. The first-order valence-electron chi connectivity index (χ1n) is 3.84. The maximum absolute atomic E-state index is 11.2. The van der Waals surface area contributed by atoms with Gasteiger partial charge in [-0.25, -0.2) is 4.79 Å². The van der Waals surface area contributed by atoms with E-state index in [1.165, 1.54) is 23.5 Å². The summed E-state index contributed by atoms with van der Waals surface area (Å²) in [6.45, 7) is 1.76. The van der Waals surface area contributed by atoms with Gasteiger partial charge < -0.3 is 9.63 Å². The molecule has 14 heavy (non-hydrogen) atoms. The molecule has 1 aromatic rings. The molecule has 0 fully saturated rings. The first-order chi connectivity index (χ1) is 6.56. The van der Waals surface area contributed by atoms with Crippen molar-refractivity contribution in [2.75, 3.05) is 12.5 Å². The van der Waals surface area contributed by atoms with Gasteiger partial charge in [-0.3, -0.25) is 0 Å². The predicted octanol–water partition coefficient (Wildman–Crippen LogP) is 1.95. The Balaban J connectivity index is 3.16. The summed E-state index contributed by atoms with van der Waals surface area (Å²) in [5, 5.41) is 12.9. The number of thioether (sulfide) groups is 2. The summed E-state index contributed by atoms with van der Waals surface area (Å²) >= 11 is 2.44. The zero-order valence-electron chi connectivity index (χ0n) is 8.10. The van der Waals surface area contributed by atoms with Gasteiger partial charge in [0, 0.05) is 6.07 Å². The van der Waals surface area contributed by atoms with Crippen LogP contribution >= 0.6 is 23.5 Å². The number of aryl methyl sites for hydroxylation is 1. The molecule has 0 spiro atoms. The van der Waals surface area contributed by atoms with Crippen LogP contribution in [-0.4, -0.2) is 28.7 Å². The number of carboxylic acids is 1. The van der Waals surface area contributed by atoms with Crippen LogP contribution < -0.4 is 0 Å². The Morgan fingerprint density at radius 1 is 1.57 bits per heavy atom. The molecule has 78 valence electrons. The van der Waals surface area contributed by atoms with Gasteiger partial charge in [0.15, 0.2) is 5.76 Å². The largest absolute Gasteiger partial charge is 0.479 e. The summed E-state index contributed by atoms with van der Waals surface area (Å²) in [5.74, 6) is -0.545. The first kappa shape index (κ1) is 11.5. The Morgan fingerprint density at radius 2 is 2.14 bits per heavy atom. The topological polar surface area (TPSA) is 63.3 Å². The average Bonchev–Trinajstić information content (AvgIpc) is 2.55. The minimum atomic E-state index is -1.08. The Labute approximate surface area is 90.4 Å². The van der Waals surface area contributed by atoms with Crippen LogP contribution in [0.15, 0.2) is 10.6 Å². The lowest BCUT2D eigenvalue weighted by molar-refractivity contribution is -0.137. The van der Waals surface area contributed by atoms with Crippen LogP contribution in [-0.2, 0) is 8.87 Å². The second-order valence-electron chi connectivity index (χ2n) is 2.66. The monoisotopic (exact) mass is 233 g/mol. The van der Waals surface area contributed by atoms with Crippen LogP contribution in [0, 0.1) is 6.92 Å². The van der Waals surface area contributed by atoms with E-state index in [0.717, 1.165) is 0 Å². The molecule has 1 heterocycles. The van der Waals surface area contributed by atoms with Gasteiger partial charge in [-0.15, -0.1) is 23.5 Å².